The van der Waals surface area contributed by atoms with E-state index in [9.17, 15) is 0 Å². The first kappa shape index (κ1) is 15.6. The van der Waals surface area contributed by atoms with Crippen molar-refractivity contribution in [3.63, 3.8) is 0 Å². The minimum Gasteiger partial charge on any atom is -2.00 e. The average molecular weight is 136 g/mol. The van der Waals surface area contributed by atoms with Gasteiger partial charge in [0.2, 0.25) is 0 Å². The van der Waals surface area contributed by atoms with Gasteiger partial charge < -0.3 is 14.6 Å². The Balaban J connectivity index is -0.0000000800. The van der Waals surface area contributed by atoms with Crippen molar-refractivity contribution in [2.75, 3.05) is 0 Å². The molecule has 0 bridgehead atoms. The predicted molar refractivity (Wildman–Crippen MR) is 16.9 cm³/mol. The summed E-state index contributed by atoms with van der Waals surface area (Å²) in [6, 6.07) is 0. The van der Waals surface area contributed by atoms with Gasteiger partial charge in [-0.15, -0.1) is 0 Å². The molecule has 0 aromatic rings. The molecular formula is MgO5S-2. The second-order valence-corrected chi connectivity index (χ2v) is 1.22. The molecule has 0 saturated carbocycles. The third kappa shape index (κ3) is 392. The maximum Gasteiger partial charge on any atom is 2.00 e. The Morgan fingerprint density at radius 1 is 1.14 bits per heavy atom. The fourth-order valence-electron chi connectivity index (χ4n) is 0. The van der Waals surface area contributed by atoms with Gasteiger partial charge in [-0.25, -0.2) is 0 Å². The minimum absolute atomic E-state index is 0. The van der Waals surface area contributed by atoms with Gasteiger partial charge in [0.05, 0.1) is 0 Å². The Morgan fingerprint density at radius 3 is 1.14 bits per heavy atom. The normalized spacial score (nSPS) is 8.29. The summed E-state index contributed by atoms with van der Waals surface area (Å²) in [5, 5.41) is 0. The Labute approximate surface area is 56.8 Å². The molecule has 40 valence electrons. The fraction of sp³-hybridized carbons (Fsp3) is 0. The smallest absolute Gasteiger partial charge is 2.00 e. The number of rotatable bonds is 0. The molecule has 0 rings (SSSR count). The maximum absolute atomic E-state index is 8.52. The van der Waals surface area contributed by atoms with Crippen molar-refractivity contribution < 1.29 is 23.0 Å². The Bertz CT molecular complexity index is 91.2. The molecule has 0 N–H and O–H groups in total. The maximum atomic E-state index is 8.52. The molecule has 0 amide bonds. The molecule has 0 aliphatic rings. The van der Waals surface area contributed by atoms with Gasteiger partial charge >= 0.3 is 23.1 Å². The summed E-state index contributed by atoms with van der Waals surface area (Å²) in [5.74, 6) is 0. The zero-order valence-corrected chi connectivity index (χ0v) is 5.39. The standard InChI is InChI=1S/Mg.H2O4S.O/c;1-5(2,3)4;/h;(H2,1,2,3,4);/q+2;;-2/p-2. The molecule has 0 heterocycles. The van der Waals surface area contributed by atoms with Gasteiger partial charge in [0.15, 0.2) is 0 Å². The van der Waals surface area contributed by atoms with Crippen LogP contribution in [0, 0.1) is 0 Å². The summed E-state index contributed by atoms with van der Waals surface area (Å²) in [6.45, 7) is 0. The molecule has 0 saturated heterocycles. The third-order valence-corrected chi connectivity index (χ3v) is 0. The van der Waals surface area contributed by atoms with Crippen LogP contribution in [0.2, 0.25) is 0 Å². The van der Waals surface area contributed by atoms with E-state index in [1.807, 2.05) is 0 Å². The van der Waals surface area contributed by atoms with Gasteiger partial charge in [-0.2, -0.15) is 0 Å². The predicted octanol–water partition coefficient (Wildman–Crippen LogP) is -1.84. The van der Waals surface area contributed by atoms with E-state index in [1.54, 1.807) is 0 Å². The zero-order valence-electron chi connectivity index (χ0n) is 3.16. The summed E-state index contributed by atoms with van der Waals surface area (Å²) < 4.78 is 34.1. The van der Waals surface area contributed by atoms with E-state index >= 15 is 0 Å². The molecule has 0 aliphatic carbocycles. The molecule has 5 nitrogen and oxygen atoms in total. The molecule has 0 unspecified atom stereocenters. The van der Waals surface area contributed by atoms with E-state index in [2.05, 4.69) is 0 Å². The minimum atomic E-state index is -5.17. The van der Waals surface area contributed by atoms with Crippen molar-refractivity contribution >= 4 is 33.5 Å². The molecule has 0 radical (unpaired) electrons. The van der Waals surface area contributed by atoms with Gasteiger partial charge in [0.25, 0.3) is 0 Å². The summed E-state index contributed by atoms with van der Waals surface area (Å²) in [6.07, 6.45) is 0. The van der Waals surface area contributed by atoms with Crippen molar-refractivity contribution in [1.82, 2.24) is 0 Å². The van der Waals surface area contributed by atoms with Crippen molar-refractivity contribution in [1.29, 1.82) is 0 Å². The van der Waals surface area contributed by atoms with E-state index < -0.39 is 10.4 Å². The molecular weight excluding hydrogens is 136 g/mol. The first-order chi connectivity index (χ1) is 2.00. The molecule has 0 aromatic carbocycles. The van der Waals surface area contributed by atoms with E-state index in [0.717, 1.165) is 0 Å². The van der Waals surface area contributed by atoms with Gasteiger partial charge in [0, 0.05) is 10.4 Å². The Kier molecular flexibility index (Phi) is 10.6. The van der Waals surface area contributed by atoms with Gasteiger partial charge in [-0.1, -0.05) is 0 Å². The number of hydrogen-bond acceptors (Lipinski definition) is 4. The van der Waals surface area contributed by atoms with Gasteiger partial charge in [-0.05, 0) is 0 Å². The zero-order chi connectivity index (χ0) is 4.50. The van der Waals surface area contributed by atoms with Crippen molar-refractivity contribution in [2.45, 2.75) is 0 Å². The van der Waals surface area contributed by atoms with Crippen molar-refractivity contribution in [3.8, 4) is 0 Å². The second-order valence-electron chi connectivity index (χ2n) is 0.408. The van der Waals surface area contributed by atoms with Crippen LogP contribution in [0.4, 0.5) is 0 Å². The molecule has 0 fully saturated rings. The van der Waals surface area contributed by atoms with Crippen LogP contribution in [0.3, 0.4) is 0 Å². The first-order valence-corrected chi connectivity index (χ1v) is 2.00. The topological polar surface area (TPSA) is 109 Å². The largest absolute Gasteiger partial charge is 2.00 e. The second kappa shape index (κ2) is 4.75. The van der Waals surface area contributed by atoms with Gasteiger partial charge in [0.1, 0.15) is 0 Å². The van der Waals surface area contributed by atoms with E-state index in [0.29, 0.717) is 0 Å². The summed E-state index contributed by atoms with van der Waals surface area (Å²) in [7, 11) is -5.17. The summed E-state index contributed by atoms with van der Waals surface area (Å²) in [5.41, 5.74) is 0. The van der Waals surface area contributed by atoms with Crippen LogP contribution in [0.5, 0.6) is 0 Å². The Hall–Kier alpha value is 0.596. The van der Waals surface area contributed by atoms with E-state index in [4.69, 9.17) is 17.5 Å². The monoisotopic (exact) mass is 136 g/mol. The average Bonchev–Trinajstić information content (AvgIpc) is 0.722. The van der Waals surface area contributed by atoms with Crippen LogP contribution >= 0.6 is 0 Å². The SMILES string of the molecule is O=S(=O)([O-])[O-].[Mg+2].[O-2]. The Morgan fingerprint density at radius 2 is 1.14 bits per heavy atom. The molecule has 7 heteroatoms. The molecule has 0 aromatic heterocycles. The van der Waals surface area contributed by atoms with Crippen LogP contribution in [-0.2, 0) is 15.9 Å². The van der Waals surface area contributed by atoms with Gasteiger partial charge in [-0.3, -0.25) is 8.42 Å². The molecule has 0 aliphatic heterocycles. The quantitative estimate of drug-likeness (QED) is 0.221. The fourth-order valence-corrected chi connectivity index (χ4v) is 0. The molecule has 7 heavy (non-hydrogen) atoms. The molecule has 0 atom stereocenters. The van der Waals surface area contributed by atoms with Crippen LogP contribution in [0.25, 0.3) is 0 Å². The van der Waals surface area contributed by atoms with E-state index in [1.165, 1.54) is 0 Å². The van der Waals surface area contributed by atoms with Crippen molar-refractivity contribution in [2.24, 2.45) is 0 Å². The molecule has 0 spiro atoms. The number of hydrogen-bond donors (Lipinski definition) is 0. The van der Waals surface area contributed by atoms with E-state index in [-0.39, 0.29) is 28.5 Å². The van der Waals surface area contributed by atoms with Crippen LogP contribution in [0.1, 0.15) is 0 Å². The van der Waals surface area contributed by atoms with Crippen LogP contribution in [0.15, 0.2) is 0 Å². The third-order valence-electron chi connectivity index (χ3n) is 0. The van der Waals surface area contributed by atoms with Crippen LogP contribution < -0.4 is 0 Å². The first-order valence-electron chi connectivity index (χ1n) is 0.667. The van der Waals surface area contributed by atoms with Crippen LogP contribution in [-0.4, -0.2) is 40.6 Å². The summed E-state index contributed by atoms with van der Waals surface area (Å²) >= 11 is 0. The van der Waals surface area contributed by atoms with Crippen molar-refractivity contribution in [3.05, 3.63) is 0 Å². The summed E-state index contributed by atoms with van der Waals surface area (Å²) in [4.78, 5) is 0.